The highest BCUT2D eigenvalue weighted by molar-refractivity contribution is 6.03. The molecule has 5 heteroatoms. The predicted octanol–water partition coefficient (Wildman–Crippen LogP) is 2.42. The molecule has 2 aliphatic heterocycles. The monoisotopic (exact) mass is 319 g/mol. The highest BCUT2D eigenvalue weighted by Gasteiger charge is 2.52. The summed E-state index contributed by atoms with van der Waals surface area (Å²) < 4.78 is 0. The summed E-state index contributed by atoms with van der Waals surface area (Å²) in [5, 5.41) is 12.7. The first-order valence-corrected chi connectivity index (χ1v) is 8.09. The summed E-state index contributed by atoms with van der Waals surface area (Å²) in [6.45, 7) is 0.489. The SMILES string of the molecule is CN1c2ccccc2C(=O)N2CCc3c([nH]c4ccccc34)[C@]21O. The van der Waals surface area contributed by atoms with Crippen LogP contribution in [-0.4, -0.2) is 34.5 Å². The Morgan fingerprint density at radius 1 is 1.12 bits per heavy atom. The van der Waals surface area contributed by atoms with Gasteiger partial charge < -0.3 is 15.0 Å². The van der Waals surface area contributed by atoms with Crippen LogP contribution in [0.2, 0.25) is 0 Å². The number of nitrogens with zero attached hydrogens (tertiary/aromatic N) is 2. The Morgan fingerprint density at radius 3 is 2.75 bits per heavy atom. The number of aliphatic hydroxyl groups is 1. The van der Waals surface area contributed by atoms with Gasteiger partial charge in [-0.3, -0.25) is 9.69 Å². The lowest BCUT2D eigenvalue weighted by atomic mass is 9.94. The maximum Gasteiger partial charge on any atom is 0.265 e. The van der Waals surface area contributed by atoms with Crippen molar-refractivity contribution in [2.75, 3.05) is 18.5 Å². The third-order valence-corrected chi connectivity index (χ3v) is 5.32. The predicted molar refractivity (Wildman–Crippen MR) is 91.8 cm³/mol. The highest BCUT2D eigenvalue weighted by atomic mass is 16.3. The highest BCUT2D eigenvalue weighted by Crippen LogP contribution is 2.45. The van der Waals surface area contributed by atoms with Gasteiger partial charge in [0.1, 0.15) is 0 Å². The molecule has 0 aliphatic carbocycles. The number of para-hydroxylation sites is 2. The summed E-state index contributed by atoms with van der Waals surface area (Å²) in [6.07, 6.45) is 0.726. The van der Waals surface area contributed by atoms with Crippen LogP contribution in [0.5, 0.6) is 0 Å². The second-order valence-corrected chi connectivity index (χ2v) is 6.44. The molecule has 5 rings (SSSR count). The van der Waals surface area contributed by atoms with E-state index in [1.54, 1.807) is 9.80 Å². The number of amides is 1. The molecule has 0 spiro atoms. The van der Waals surface area contributed by atoms with E-state index in [1.165, 1.54) is 0 Å². The van der Waals surface area contributed by atoms with Crippen LogP contribution in [0, 0.1) is 0 Å². The lowest BCUT2D eigenvalue weighted by Gasteiger charge is -2.51. The Morgan fingerprint density at radius 2 is 1.88 bits per heavy atom. The molecule has 2 N–H and O–H groups in total. The zero-order valence-corrected chi connectivity index (χ0v) is 13.3. The number of rotatable bonds is 0. The van der Waals surface area contributed by atoms with Gasteiger partial charge in [-0.1, -0.05) is 30.3 Å². The Balaban J connectivity index is 1.81. The lowest BCUT2D eigenvalue weighted by Crippen LogP contribution is -2.64. The summed E-state index contributed by atoms with van der Waals surface area (Å²) >= 11 is 0. The van der Waals surface area contributed by atoms with Crippen LogP contribution in [0.3, 0.4) is 0 Å². The van der Waals surface area contributed by atoms with E-state index in [0.29, 0.717) is 17.8 Å². The lowest BCUT2D eigenvalue weighted by molar-refractivity contribution is -0.105. The fourth-order valence-electron chi connectivity index (χ4n) is 4.11. The topological polar surface area (TPSA) is 59.6 Å². The van der Waals surface area contributed by atoms with E-state index in [9.17, 15) is 9.90 Å². The summed E-state index contributed by atoms with van der Waals surface area (Å²) in [7, 11) is 1.83. The molecule has 0 bridgehead atoms. The average Bonchev–Trinajstić information content (AvgIpc) is 3.00. The van der Waals surface area contributed by atoms with E-state index in [-0.39, 0.29) is 5.91 Å². The van der Waals surface area contributed by atoms with Gasteiger partial charge in [0.05, 0.1) is 16.9 Å². The van der Waals surface area contributed by atoms with Crippen molar-refractivity contribution in [2.45, 2.75) is 12.3 Å². The summed E-state index contributed by atoms with van der Waals surface area (Å²) in [6, 6.07) is 15.5. The van der Waals surface area contributed by atoms with Gasteiger partial charge in [0.15, 0.2) is 0 Å². The minimum absolute atomic E-state index is 0.129. The Bertz CT molecular complexity index is 993. The molecule has 0 fully saturated rings. The van der Waals surface area contributed by atoms with Crippen molar-refractivity contribution in [1.29, 1.82) is 0 Å². The Kier molecular flexibility index (Phi) is 2.49. The number of aromatic amines is 1. The van der Waals surface area contributed by atoms with Crippen molar-refractivity contribution in [2.24, 2.45) is 0 Å². The van der Waals surface area contributed by atoms with Crippen molar-refractivity contribution in [3.8, 4) is 0 Å². The number of aromatic nitrogens is 1. The van der Waals surface area contributed by atoms with Gasteiger partial charge in [-0.25, -0.2) is 0 Å². The fraction of sp³-hybridized carbons (Fsp3) is 0.211. The maximum absolute atomic E-state index is 13.0. The second-order valence-electron chi connectivity index (χ2n) is 6.44. The van der Waals surface area contributed by atoms with E-state index in [1.807, 2.05) is 49.5 Å². The first-order valence-electron chi connectivity index (χ1n) is 8.09. The van der Waals surface area contributed by atoms with E-state index in [0.717, 1.165) is 28.6 Å². The number of nitrogens with one attached hydrogen (secondary N) is 1. The molecule has 0 saturated carbocycles. The summed E-state index contributed by atoms with van der Waals surface area (Å²) in [5.41, 5.74) is 4.14. The van der Waals surface area contributed by atoms with Gasteiger partial charge in [0.2, 0.25) is 0 Å². The normalized spacial score (nSPS) is 22.3. The number of fused-ring (bicyclic) bond motifs is 6. The molecular formula is C19H17N3O2. The van der Waals surface area contributed by atoms with E-state index >= 15 is 0 Å². The molecule has 5 nitrogen and oxygen atoms in total. The molecule has 0 unspecified atom stereocenters. The van der Waals surface area contributed by atoms with Crippen LogP contribution in [0.15, 0.2) is 48.5 Å². The number of benzene rings is 2. The van der Waals surface area contributed by atoms with Crippen LogP contribution in [-0.2, 0) is 12.3 Å². The molecule has 1 atom stereocenters. The number of hydrogen-bond acceptors (Lipinski definition) is 3. The smallest absolute Gasteiger partial charge is 0.265 e. The summed E-state index contributed by atoms with van der Waals surface area (Å²) in [5.74, 6) is -1.62. The van der Waals surface area contributed by atoms with E-state index in [4.69, 9.17) is 0 Å². The fourth-order valence-corrected chi connectivity index (χ4v) is 4.11. The van der Waals surface area contributed by atoms with Crippen molar-refractivity contribution in [3.63, 3.8) is 0 Å². The van der Waals surface area contributed by atoms with Crippen LogP contribution in [0.25, 0.3) is 10.9 Å². The minimum atomic E-state index is -1.49. The molecule has 2 aliphatic rings. The molecule has 3 aromatic rings. The van der Waals surface area contributed by atoms with E-state index in [2.05, 4.69) is 11.1 Å². The second kappa shape index (κ2) is 4.39. The van der Waals surface area contributed by atoms with Crippen LogP contribution in [0.1, 0.15) is 21.6 Å². The quantitative estimate of drug-likeness (QED) is 0.669. The first-order chi connectivity index (χ1) is 11.6. The first kappa shape index (κ1) is 13.6. The molecule has 1 aromatic heterocycles. The molecule has 3 heterocycles. The number of H-pyrrole nitrogens is 1. The third-order valence-electron chi connectivity index (χ3n) is 5.32. The van der Waals surface area contributed by atoms with Crippen LogP contribution < -0.4 is 4.90 Å². The van der Waals surface area contributed by atoms with Crippen LogP contribution >= 0.6 is 0 Å². The molecule has 0 saturated heterocycles. The van der Waals surface area contributed by atoms with Crippen molar-refractivity contribution in [3.05, 3.63) is 65.4 Å². The Hall–Kier alpha value is -2.79. The van der Waals surface area contributed by atoms with Gasteiger partial charge in [0, 0.05) is 24.5 Å². The molecular weight excluding hydrogens is 302 g/mol. The van der Waals surface area contributed by atoms with E-state index < -0.39 is 5.85 Å². The van der Waals surface area contributed by atoms with Crippen LogP contribution in [0.4, 0.5) is 5.69 Å². The number of anilines is 1. The minimum Gasteiger partial charge on any atom is -0.353 e. The molecule has 120 valence electrons. The maximum atomic E-state index is 13.0. The molecule has 0 radical (unpaired) electrons. The molecule has 2 aromatic carbocycles. The van der Waals surface area contributed by atoms with Crippen molar-refractivity contribution < 1.29 is 9.90 Å². The van der Waals surface area contributed by atoms with Crippen molar-refractivity contribution in [1.82, 2.24) is 9.88 Å². The summed E-state index contributed by atoms with van der Waals surface area (Å²) in [4.78, 5) is 19.7. The Labute approximate surface area is 139 Å². The van der Waals surface area contributed by atoms with Crippen molar-refractivity contribution >= 4 is 22.5 Å². The van der Waals surface area contributed by atoms with Gasteiger partial charge in [-0.05, 0) is 30.2 Å². The number of carbonyl (C=O) groups excluding carboxylic acids is 1. The van der Waals surface area contributed by atoms with Gasteiger partial charge in [0.25, 0.3) is 11.8 Å². The number of hydrogen-bond donors (Lipinski definition) is 2. The zero-order chi connectivity index (χ0) is 16.5. The van der Waals surface area contributed by atoms with Gasteiger partial charge in [-0.2, -0.15) is 0 Å². The van der Waals surface area contributed by atoms with Gasteiger partial charge >= 0.3 is 0 Å². The largest absolute Gasteiger partial charge is 0.353 e. The van der Waals surface area contributed by atoms with Gasteiger partial charge in [-0.15, -0.1) is 0 Å². The third kappa shape index (κ3) is 1.45. The number of carbonyl (C=O) groups is 1. The standard InChI is InChI=1S/C19H17N3O2/c1-21-16-9-5-3-7-14(16)18(23)22-11-10-13-12-6-2-4-8-15(12)20-17(13)19(21,22)24/h2-9,20,24H,10-11H2,1H3/t19-/m1/s1. The molecule has 1 amide bonds. The molecule has 24 heavy (non-hydrogen) atoms. The zero-order valence-electron chi connectivity index (χ0n) is 13.3. The average molecular weight is 319 g/mol.